The number of halogens is 4. The fourth-order valence-corrected chi connectivity index (χ4v) is 5.95. The molecule has 0 saturated carbocycles. The lowest BCUT2D eigenvalue weighted by atomic mass is 9.87. The number of rotatable bonds is 11. The number of anilines is 1. The standard InChI is InChI=1S/C32H35Cl2F2N3O2/c1-21-19-38(15-16-39(21)20-31(41)37-32-29(33)17-25(22(2)40)18-30(32)34)14-4-3-5-28(23-6-10-26(35)11-7-23)24-8-12-27(36)13-9-24/h6-13,17-18,21,28H,3-5,14-16,19-20H2,1-2H3,(H,37,41). The van der Waals surface area contributed by atoms with Crippen LogP contribution in [0.2, 0.25) is 10.0 Å². The van der Waals surface area contributed by atoms with Crippen LogP contribution in [0.3, 0.4) is 0 Å². The van der Waals surface area contributed by atoms with Crippen molar-refractivity contribution in [3.05, 3.63) is 99.0 Å². The van der Waals surface area contributed by atoms with Crippen LogP contribution in [0, 0.1) is 11.6 Å². The van der Waals surface area contributed by atoms with Crippen molar-refractivity contribution in [2.45, 2.75) is 45.1 Å². The quantitative estimate of drug-likeness (QED) is 0.183. The molecule has 4 rings (SSSR count). The van der Waals surface area contributed by atoms with E-state index in [1.165, 1.54) is 43.3 Å². The first-order valence-corrected chi connectivity index (χ1v) is 14.6. The number of nitrogens with zero attached hydrogens (tertiary/aromatic N) is 2. The van der Waals surface area contributed by atoms with Gasteiger partial charge in [0.05, 0.1) is 22.3 Å². The summed E-state index contributed by atoms with van der Waals surface area (Å²) in [6.45, 7) is 7.16. The van der Waals surface area contributed by atoms with Crippen molar-refractivity contribution >= 4 is 40.6 Å². The lowest BCUT2D eigenvalue weighted by molar-refractivity contribution is -0.118. The Hall–Kier alpha value is -2.84. The van der Waals surface area contributed by atoms with Gasteiger partial charge in [0.25, 0.3) is 0 Å². The number of Topliss-reactive ketones (excluding diaryl/α,β-unsaturated/α-hetero) is 1. The number of hydrogen-bond donors (Lipinski definition) is 1. The van der Waals surface area contributed by atoms with Crippen LogP contribution in [0.1, 0.15) is 60.5 Å². The maximum Gasteiger partial charge on any atom is 0.238 e. The molecule has 1 saturated heterocycles. The Morgan fingerprint density at radius 3 is 2.00 bits per heavy atom. The molecule has 3 aromatic carbocycles. The zero-order chi connectivity index (χ0) is 29.5. The fraction of sp³-hybridized carbons (Fsp3) is 0.375. The number of benzene rings is 3. The van der Waals surface area contributed by atoms with Gasteiger partial charge in [-0.25, -0.2) is 8.78 Å². The molecule has 1 N–H and O–H groups in total. The molecule has 1 heterocycles. The van der Waals surface area contributed by atoms with Crippen molar-refractivity contribution < 1.29 is 18.4 Å². The van der Waals surface area contributed by atoms with Gasteiger partial charge in [-0.05, 0) is 80.8 Å². The molecule has 0 spiro atoms. The van der Waals surface area contributed by atoms with E-state index in [1.54, 1.807) is 0 Å². The van der Waals surface area contributed by atoms with Crippen molar-refractivity contribution in [2.75, 3.05) is 38.0 Å². The SMILES string of the molecule is CC(=O)c1cc(Cl)c(NC(=O)CN2CCN(CCCCC(c3ccc(F)cc3)c3ccc(F)cc3)CC2C)c(Cl)c1. The summed E-state index contributed by atoms with van der Waals surface area (Å²) in [5.74, 6) is -0.830. The Morgan fingerprint density at radius 1 is 0.927 bits per heavy atom. The highest BCUT2D eigenvalue weighted by atomic mass is 35.5. The van der Waals surface area contributed by atoms with Gasteiger partial charge in [-0.1, -0.05) is 53.9 Å². The maximum atomic E-state index is 13.5. The second-order valence-electron chi connectivity index (χ2n) is 10.7. The molecule has 1 aliphatic rings. The molecule has 9 heteroatoms. The topological polar surface area (TPSA) is 52.7 Å². The molecule has 218 valence electrons. The molecular formula is C32H35Cl2F2N3O2. The molecule has 1 amide bonds. The van der Waals surface area contributed by atoms with Crippen LogP contribution >= 0.6 is 23.2 Å². The highest BCUT2D eigenvalue weighted by molar-refractivity contribution is 6.40. The monoisotopic (exact) mass is 601 g/mol. The molecule has 0 aliphatic carbocycles. The highest BCUT2D eigenvalue weighted by Crippen LogP contribution is 2.33. The average Bonchev–Trinajstić information content (AvgIpc) is 2.93. The summed E-state index contributed by atoms with van der Waals surface area (Å²) in [4.78, 5) is 29.0. The predicted molar refractivity (Wildman–Crippen MR) is 161 cm³/mol. The lowest BCUT2D eigenvalue weighted by Crippen LogP contribution is -2.53. The average molecular weight is 603 g/mol. The number of piperazine rings is 1. The summed E-state index contributed by atoms with van der Waals surface area (Å²) in [7, 11) is 0. The van der Waals surface area contributed by atoms with Gasteiger partial charge in [-0.2, -0.15) is 0 Å². The third-order valence-corrected chi connectivity index (χ3v) is 8.27. The van der Waals surface area contributed by atoms with Crippen LogP contribution in [-0.2, 0) is 4.79 Å². The van der Waals surface area contributed by atoms with Crippen molar-refractivity contribution in [2.24, 2.45) is 0 Å². The van der Waals surface area contributed by atoms with E-state index < -0.39 is 0 Å². The van der Waals surface area contributed by atoms with Crippen molar-refractivity contribution in [3.8, 4) is 0 Å². The molecule has 5 nitrogen and oxygen atoms in total. The number of hydrogen-bond acceptors (Lipinski definition) is 4. The van der Waals surface area contributed by atoms with Gasteiger partial charge in [0.2, 0.25) is 5.91 Å². The van der Waals surface area contributed by atoms with E-state index in [9.17, 15) is 18.4 Å². The number of carbonyl (C=O) groups is 2. The Labute approximate surface area is 250 Å². The lowest BCUT2D eigenvalue weighted by Gasteiger charge is -2.39. The zero-order valence-electron chi connectivity index (χ0n) is 23.3. The number of carbonyl (C=O) groups excluding carboxylic acids is 2. The minimum atomic E-state index is -0.270. The van der Waals surface area contributed by atoms with Gasteiger partial charge in [-0.15, -0.1) is 0 Å². The van der Waals surface area contributed by atoms with Crippen LogP contribution < -0.4 is 5.32 Å². The largest absolute Gasteiger partial charge is 0.322 e. The Morgan fingerprint density at radius 2 is 1.49 bits per heavy atom. The van der Waals surface area contributed by atoms with Gasteiger partial charge in [0.1, 0.15) is 11.6 Å². The summed E-state index contributed by atoms with van der Waals surface area (Å²) in [5.41, 5.74) is 2.75. The van der Waals surface area contributed by atoms with E-state index in [4.69, 9.17) is 23.2 Å². The Balaban J connectivity index is 1.25. The van der Waals surface area contributed by atoms with E-state index >= 15 is 0 Å². The zero-order valence-corrected chi connectivity index (χ0v) is 24.8. The van der Waals surface area contributed by atoms with Crippen LogP contribution in [-0.4, -0.2) is 60.3 Å². The van der Waals surface area contributed by atoms with Crippen LogP contribution in [0.4, 0.5) is 14.5 Å². The van der Waals surface area contributed by atoms with E-state index in [1.807, 2.05) is 24.3 Å². The van der Waals surface area contributed by atoms with Crippen molar-refractivity contribution in [1.29, 1.82) is 0 Å². The van der Waals surface area contributed by atoms with E-state index in [0.29, 0.717) is 11.3 Å². The van der Waals surface area contributed by atoms with Crippen molar-refractivity contribution in [1.82, 2.24) is 9.80 Å². The number of amides is 1. The Bertz CT molecular complexity index is 1280. The third kappa shape index (κ3) is 8.58. The maximum absolute atomic E-state index is 13.5. The van der Waals surface area contributed by atoms with E-state index in [2.05, 4.69) is 22.0 Å². The molecular weight excluding hydrogens is 567 g/mol. The van der Waals surface area contributed by atoms with Gasteiger partial charge in [-0.3, -0.25) is 14.5 Å². The second-order valence-corrected chi connectivity index (χ2v) is 11.5. The van der Waals surface area contributed by atoms with Gasteiger partial charge in [0, 0.05) is 37.2 Å². The first kappa shape index (κ1) is 31.1. The van der Waals surface area contributed by atoms with Gasteiger partial charge < -0.3 is 10.2 Å². The third-order valence-electron chi connectivity index (χ3n) is 7.67. The summed E-state index contributed by atoms with van der Waals surface area (Å²) in [5, 5.41) is 3.26. The fourth-order valence-electron chi connectivity index (χ4n) is 5.37. The number of unbranched alkanes of at least 4 members (excludes halogenated alkanes) is 1. The van der Waals surface area contributed by atoms with E-state index in [-0.39, 0.29) is 51.9 Å². The first-order chi connectivity index (χ1) is 19.6. The summed E-state index contributed by atoms with van der Waals surface area (Å²) < 4.78 is 27.0. The molecule has 0 bridgehead atoms. The second kappa shape index (κ2) is 14.4. The van der Waals surface area contributed by atoms with Crippen molar-refractivity contribution in [3.63, 3.8) is 0 Å². The predicted octanol–water partition coefficient (Wildman–Crippen LogP) is 7.42. The van der Waals surface area contributed by atoms with E-state index in [0.717, 1.165) is 56.6 Å². The molecule has 41 heavy (non-hydrogen) atoms. The molecule has 1 fully saturated rings. The minimum absolute atomic E-state index is 0.0751. The normalized spacial score (nSPS) is 16.2. The van der Waals surface area contributed by atoms with Gasteiger partial charge >= 0.3 is 0 Å². The molecule has 0 radical (unpaired) electrons. The highest BCUT2D eigenvalue weighted by Gasteiger charge is 2.26. The Kier molecular flexibility index (Phi) is 10.9. The molecule has 1 aliphatic heterocycles. The summed E-state index contributed by atoms with van der Waals surface area (Å²) >= 11 is 12.5. The molecule has 1 atom stereocenters. The number of nitrogens with one attached hydrogen (secondary N) is 1. The molecule has 0 aromatic heterocycles. The summed E-state index contributed by atoms with van der Waals surface area (Å²) in [6.07, 6.45) is 2.85. The van der Waals surface area contributed by atoms with Crippen LogP contribution in [0.15, 0.2) is 60.7 Å². The smallest absolute Gasteiger partial charge is 0.238 e. The number of ketones is 1. The van der Waals surface area contributed by atoms with Crippen LogP contribution in [0.5, 0.6) is 0 Å². The molecule has 1 unspecified atom stereocenters. The van der Waals surface area contributed by atoms with Crippen LogP contribution in [0.25, 0.3) is 0 Å². The first-order valence-electron chi connectivity index (χ1n) is 13.9. The summed E-state index contributed by atoms with van der Waals surface area (Å²) in [6, 6.07) is 16.3. The minimum Gasteiger partial charge on any atom is -0.322 e. The van der Waals surface area contributed by atoms with Gasteiger partial charge in [0.15, 0.2) is 5.78 Å². The molecule has 3 aromatic rings.